The van der Waals surface area contributed by atoms with Gasteiger partial charge in [-0.15, -0.1) is 11.3 Å². The van der Waals surface area contributed by atoms with E-state index in [0.29, 0.717) is 46.3 Å². The van der Waals surface area contributed by atoms with Crippen LogP contribution < -0.4 is 11.1 Å². The summed E-state index contributed by atoms with van der Waals surface area (Å²) in [7, 11) is 0. The molecule has 4 aromatic rings. The zero-order valence-electron chi connectivity index (χ0n) is 18.9. The Bertz CT molecular complexity index is 1440. The Labute approximate surface area is 205 Å². The highest BCUT2D eigenvalue weighted by Gasteiger charge is 2.27. The van der Waals surface area contributed by atoms with Gasteiger partial charge in [0, 0.05) is 35.8 Å². The van der Waals surface area contributed by atoms with Gasteiger partial charge in [-0.2, -0.15) is 5.10 Å². The molecule has 176 valence electrons. The number of nitrogens with zero attached hydrogens (tertiary/aromatic N) is 6. The van der Waals surface area contributed by atoms with Crippen molar-refractivity contribution in [3.05, 3.63) is 47.7 Å². The third-order valence-electron chi connectivity index (χ3n) is 5.92. The molecule has 0 aliphatic carbocycles. The van der Waals surface area contributed by atoms with E-state index in [0.717, 1.165) is 18.4 Å². The molecule has 0 bridgehead atoms. The van der Waals surface area contributed by atoms with Crippen LogP contribution in [0.4, 0.5) is 10.9 Å². The average molecular weight is 487 g/mol. The van der Waals surface area contributed by atoms with Crippen LogP contribution in [0.25, 0.3) is 22.3 Å². The van der Waals surface area contributed by atoms with Crippen molar-refractivity contribution in [1.82, 2.24) is 29.6 Å². The lowest BCUT2D eigenvalue weighted by atomic mass is 10.1. The number of nitrogen functional groups attached to an aromatic ring is 1. The van der Waals surface area contributed by atoms with Crippen molar-refractivity contribution in [3.8, 4) is 23.1 Å². The highest BCUT2D eigenvalue weighted by molar-refractivity contribution is 7.13. The van der Waals surface area contributed by atoms with Crippen LogP contribution >= 0.6 is 11.3 Å². The van der Waals surface area contributed by atoms with E-state index in [1.807, 2.05) is 16.8 Å². The summed E-state index contributed by atoms with van der Waals surface area (Å²) in [6.45, 7) is 2.85. The third kappa shape index (κ3) is 4.43. The molecule has 1 aromatic carbocycles. The van der Waals surface area contributed by atoms with E-state index in [4.69, 9.17) is 10.8 Å². The van der Waals surface area contributed by atoms with Gasteiger partial charge in [0.25, 0.3) is 11.8 Å². The van der Waals surface area contributed by atoms with Crippen LogP contribution in [0, 0.1) is 11.8 Å². The van der Waals surface area contributed by atoms with Gasteiger partial charge in [0.05, 0.1) is 11.4 Å². The second kappa shape index (κ2) is 9.52. The number of benzene rings is 1. The number of thiazole rings is 1. The number of likely N-dealkylation sites (tertiary alicyclic amines) is 1. The van der Waals surface area contributed by atoms with Gasteiger partial charge in [-0.05, 0) is 37.8 Å². The number of rotatable bonds is 4. The molecule has 1 aliphatic heterocycles. The van der Waals surface area contributed by atoms with Crippen LogP contribution in [0.1, 0.15) is 36.2 Å². The van der Waals surface area contributed by atoms with Crippen molar-refractivity contribution < 1.29 is 9.59 Å². The fourth-order valence-corrected chi connectivity index (χ4v) is 4.71. The first-order chi connectivity index (χ1) is 17.0. The monoisotopic (exact) mass is 486 g/mol. The van der Waals surface area contributed by atoms with E-state index in [9.17, 15) is 9.59 Å². The Morgan fingerprint density at radius 2 is 1.91 bits per heavy atom. The molecular formula is C24H22N8O2S. The summed E-state index contributed by atoms with van der Waals surface area (Å²) in [5.74, 6) is 5.22. The summed E-state index contributed by atoms with van der Waals surface area (Å²) >= 11 is 1.36. The molecule has 0 saturated carbocycles. The van der Waals surface area contributed by atoms with Gasteiger partial charge in [-0.1, -0.05) is 18.1 Å². The number of anilines is 2. The zero-order valence-corrected chi connectivity index (χ0v) is 19.7. The van der Waals surface area contributed by atoms with Gasteiger partial charge in [-0.25, -0.2) is 19.6 Å². The van der Waals surface area contributed by atoms with Crippen LogP contribution in [-0.2, 0) is 4.79 Å². The van der Waals surface area contributed by atoms with Crippen molar-refractivity contribution in [2.24, 2.45) is 0 Å². The van der Waals surface area contributed by atoms with E-state index in [1.54, 1.807) is 35.5 Å². The average Bonchev–Trinajstić information content (AvgIpc) is 3.53. The van der Waals surface area contributed by atoms with Crippen molar-refractivity contribution in [3.63, 3.8) is 0 Å². The Hall–Kier alpha value is -4.30. The maximum atomic E-state index is 12.5. The van der Waals surface area contributed by atoms with Crippen molar-refractivity contribution in [1.29, 1.82) is 0 Å². The minimum absolute atomic E-state index is 0.0579. The molecule has 4 heterocycles. The molecule has 3 N–H and O–H groups in total. The second-order valence-corrected chi connectivity index (χ2v) is 8.91. The highest BCUT2D eigenvalue weighted by Crippen LogP contribution is 2.34. The molecule has 1 saturated heterocycles. The number of nitrogens with two attached hydrogens (primary N) is 1. The van der Waals surface area contributed by atoms with Crippen LogP contribution in [0.2, 0.25) is 0 Å². The van der Waals surface area contributed by atoms with Crippen LogP contribution in [-0.4, -0.2) is 54.5 Å². The lowest BCUT2D eigenvalue weighted by Crippen LogP contribution is -2.38. The molecule has 0 spiro atoms. The molecule has 0 unspecified atom stereocenters. The largest absolute Gasteiger partial charge is 0.383 e. The number of hydrogen-bond donors (Lipinski definition) is 2. The van der Waals surface area contributed by atoms with Crippen molar-refractivity contribution >= 4 is 45.1 Å². The fraction of sp³-hybridized carbons (Fsp3) is 0.250. The maximum absolute atomic E-state index is 12.5. The molecular weight excluding hydrogens is 464 g/mol. The van der Waals surface area contributed by atoms with Crippen molar-refractivity contribution in [2.75, 3.05) is 24.1 Å². The zero-order chi connectivity index (χ0) is 24.4. The topological polar surface area (TPSA) is 132 Å². The standard InChI is InChI=1S/C24H22N8O2S/c1-2-3-18(33)31-11-8-17(9-12-31)32-22-19(21(25)27-14-28-22)20(30-32)15-4-6-16(7-5-15)23(34)29-24-26-10-13-35-24/h4-7,10,13-14,17H,8-9,11-12H2,1H3,(H2,25,27,28)(H,26,29,34). The molecule has 10 nitrogen and oxygen atoms in total. The van der Waals surface area contributed by atoms with Crippen LogP contribution in [0.5, 0.6) is 0 Å². The molecule has 0 atom stereocenters. The summed E-state index contributed by atoms with van der Waals surface area (Å²) < 4.78 is 1.89. The summed E-state index contributed by atoms with van der Waals surface area (Å²) in [6.07, 6.45) is 4.53. The summed E-state index contributed by atoms with van der Waals surface area (Å²) in [6, 6.07) is 7.20. The first-order valence-corrected chi connectivity index (χ1v) is 11.9. The Morgan fingerprint density at radius 3 is 2.60 bits per heavy atom. The van der Waals surface area contributed by atoms with Gasteiger partial charge >= 0.3 is 0 Å². The number of carbonyl (C=O) groups excluding carboxylic acids is 2. The first kappa shape index (κ1) is 22.5. The molecule has 11 heteroatoms. The Balaban J connectivity index is 1.43. The van der Waals surface area contributed by atoms with E-state index in [2.05, 4.69) is 32.1 Å². The quantitative estimate of drug-likeness (QED) is 0.424. The summed E-state index contributed by atoms with van der Waals surface area (Å²) in [5.41, 5.74) is 8.85. The molecule has 2 amide bonds. The predicted octanol–water partition coefficient (Wildman–Crippen LogP) is 2.97. The number of aromatic nitrogens is 5. The van der Waals surface area contributed by atoms with Gasteiger partial charge in [0.2, 0.25) is 0 Å². The molecule has 5 rings (SSSR count). The van der Waals surface area contributed by atoms with E-state index < -0.39 is 0 Å². The SMILES string of the molecule is CC#CC(=O)N1CCC(n2nc(-c3ccc(C(=O)Nc4nccs4)cc3)c3c(N)ncnc32)CC1. The van der Waals surface area contributed by atoms with Gasteiger partial charge in [-0.3, -0.25) is 14.9 Å². The number of carbonyl (C=O) groups is 2. The number of amides is 2. The maximum Gasteiger partial charge on any atom is 0.298 e. The Kier molecular flexibility index (Phi) is 6.12. The fourth-order valence-electron chi connectivity index (χ4n) is 4.19. The van der Waals surface area contributed by atoms with Crippen molar-refractivity contribution in [2.45, 2.75) is 25.8 Å². The number of fused-ring (bicyclic) bond motifs is 1. The minimum Gasteiger partial charge on any atom is -0.383 e. The van der Waals surface area contributed by atoms with E-state index in [-0.39, 0.29) is 17.9 Å². The summed E-state index contributed by atoms with van der Waals surface area (Å²) in [5, 5.41) is 10.7. The normalized spacial score (nSPS) is 13.9. The van der Waals surface area contributed by atoms with Gasteiger partial charge in [0.1, 0.15) is 17.8 Å². The number of piperidine rings is 1. The molecule has 1 aliphatic rings. The molecule has 3 aromatic heterocycles. The third-order valence-corrected chi connectivity index (χ3v) is 6.61. The van der Waals surface area contributed by atoms with Gasteiger partial charge in [0.15, 0.2) is 10.8 Å². The van der Waals surface area contributed by atoms with Crippen LogP contribution in [0.15, 0.2) is 42.2 Å². The molecule has 1 fully saturated rings. The first-order valence-electron chi connectivity index (χ1n) is 11.1. The predicted molar refractivity (Wildman–Crippen MR) is 134 cm³/mol. The summed E-state index contributed by atoms with van der Waals surface area (Å²) in [4.78, 5) is 39.1. The number of hydrogen-bond acceptors (Lipinski definition) is 8. The van der Waals surface area contributed by atoms with Crippen LogP contribution in [0.3, 0.4) is 0 Å². The molecule has 35 heavy (non-hydrogen) atoms. The Morgan fingerprint density at radius 1 is 1.14 bits per heavy atom. The van der Waals surface area contributed by atoms with Gasteiger partial charge < -0.3 is 10.6 Å². The minimum atomic E-state index is -0.237. The lowest BCUT2D eigenvalue weighted by Gasteiger charge is -2.30. The lowest BCUT2D eigenvalue weighted by molar-refractivity contribution is -0.126. The highest BCUT2D eigenvalue weighted by atomic mass is 32.1. The molecule has 0 radical (unpaired) electrons. The number of nitrogens with one attached hydrogen (secondary N) is 1. The van der Waals surface area contributed by atoms with E-state index >= 15 is 0 Å². The smallest absolute Gasteiger partial charge is 0.298 e. The van der Waals surface area contributed by atoms with E-state index in [1.165, 1.54) is 17.7 Å². The second-order valence-electron chi connectivity index (χ2n) is 8.02.